The molecular weight excluding hydrogens is 334 g/mol. The molecule has 1 aliphatic rings. The maximum absolute atomic E-state index is 5.61. The molecule has 0 saturated heterocycles. The summed E-state index contributed by atoms with van der Waals surface area (Å²) in [5.41, 5.74) is 2.08. The van der Waals surface area contributed by atoms with Gasteiger partial charge in [-0.15, -0.1) is 0 Å². The fraction of sp³-hybridized carbons (Fsp3) is 0.250. The molecule has 1 heterocycles. The number of anilines is 1. The summed E-state index contributed by atoms with van der Waals surface area (Å²) in [7, 11) is 0. The number of nitrogens with one attached hydrogen (secondary N) is 1. The first-order valence-electron chi connectivity index (χ1n) is 6.81. The van der Waals surface area contributed by atoms with Gasteiger partial charge >= 0.3 is 0 Å². The van der Waals surface area contributed by atoms with Crippen LogP contribution in [0.4, 0.5) is 5.69 Å². The summed E-state index contributed by atoms with van der Waals surface area (Å²) in [5, 5.41) is 3.40. The Labute approximate surface area is 132 Å². The van der Waals surface area contributed by atoms with Crippen molar-refractivity contribution in [2.45, 2.75) is 13.5 Å². The Balaban J connectivity index is 1.76. The zero-order valence-corrected chi connectivity index (χ0v) is 13.3. The molecule has 0 bridgehead atoms. The average Bonchev–Trinajstić information content (AvgIpc) is 2.93. The van der Waals surface area contributed by atoms with E-state index in [0.29, 0.717) is 13.2 Å². The predicted molar refractivity (Wildman–Crippen MR) is 85.2 cm³/mol. The summed E-state index contributed by atoms with van der Waals surface area (Å²) >= 11 is 3.57. The van der Waals surface area contributed by atoms with Crippen molar-refractivity contribution in [2.24, 2.45) is 0 Å². The third-order valence-electron chi connectivity index (χ3n) is 3.20. The predicted octanol–water partition coefficient (Wildman–Crippen LogP) is 4.19. The fourth-order valence-electron chi connectivity index (χ4n) is 2.18. The topological polar surface area (TPSA) is 39.7 Å². The van der Waals surface area contributed by atoms with Crippen LogP contribution in [-0.2, 0) is 6.54 Å². The molecule has 3 rings (SSSR count). The summed E-state index contributed by atoms with van der Waals surface area (Å²) in [6, 6.07) is 11.8. The van der Waals surface area contributed by atoms with Crippen LogP contribution in [0.3, 0.4) is 0 Å². The van der Waals surface area contributed by atoms with Crippen LogP contribution >= 0.6 is 15.9 Å². The molecule has 4 nitrogen and oxygen atoms in total. The molecule has 0 saturated carbocycles. The first-order valence-corrected chi connectivity index (χ1v) is 7.61. The molecule has 0 atom stereocenters. The maximum atomic E-state index is 5.61. The Bertz CT molecular complexity index is 645. The van der Waals surface area contributed by atoms with E-state index in [2.05, 4.69) is 21.2 Å². The zero-order valence-electron chi connectivity index (χ0n) is 11.7. The van der Waals surface area contributed by atoms with E-state index in [1.54, 1.807) is 0 Å². The summed E-state index contributed by atoms with van der Waals surface area (Å²) in [5.74, 6) is 2.42. The number of rotatable bonds is 5. The molecule has 0 aliphatic carbocycles. The molecule has 0 aromatic heterocycles. The smallest absolute Gasteiger partial charge is 0.231 e. The van der Waals surface area contributed by atoms with E-state index in [9.17, 15) is 0 Å². The van der Waals surface area contributed by atoms with Gasteiger partial charge in [0, 0.05) is 11.0 Å². The van der Waals surface area contributed by atoms with E-state index in [4.69, 9.17) is 14.2 Å². The lowest BCUT2D eigenvalue weighted by Gasteiger charge is -2.13. The molecule has 0 unspecified atom stereocenters. The largest absolute Gasteiger partial charge is 0.492 e. The van der Waals surface area contributed by atoms with Crippen molar-refractivity contribution in [1.82, 2.24) is 0 Å². The van der Waals surface area contributed by atoms with Gasteiger partial charge in [-0.25, -0.2) is 0 Å². The Morgan fingerprint density at radius 1 is 1.19 bits per heavy atom. The lowest BCUT2D eigenvalue weighted by atomic mass is 10.2. The van der Waals surface area contributed by atoms with Crippen LogP contribution in [-0.4, -0.2) is 13.4 Å². The first kappa shape index (κ1) is 14.1. The average molecular weight is 350 g/mol. The van der Waals surface area contributed by atoms with Crippen molar-refractivity contribution in [3.8, 4) is 17.2 Å². The van der Waals surface area contributed by atoms with Crippen LogP contribution in [0, 0.1) is 0 Å². The minimum Gasteiger partial charge on any atom is -0.492 e. The minimum atomic E-state index is 0.284. The highest BCUT2D eigenvalue weighted by Crippen LogP contribution is 2.37. The van der Waals surface area contributed by atoms with Gasteiger partial charge in [-0.05, 0) is 36.8 Å². The Morgan fingerprint density at radius 2 is 1.95 bits per heavy atom. The number of para-hydroxylation sites is 2. The van der Waals surface area contributed by atoms with E-state index < -0.39 is 0 Å². The SMILES string of the molecule is CCOc1ccccc1NCc1cc2c(cc1Br)OCO2. The molecule has 2 aromatic rings. The summed E-state index contributed by atoms with van der Waals surface area (Å²) in [6.07, 6.45) is 0. The van der Waals surface area contributed by atoms with Crippen molar-refractivity contribution >= 4 is 21.6 Å². The van der Waals surface area contributed by atoms with E-state index >= 15 is 0 Å². The summed E-state index contributed by atoms with van der Waals surface area (Å²) in [6.45, 7) is 3.57. The third-order valence-corrected chi connectivity index (χ3v) is 3.94. The van der Waals surface area contributed by atoms with Gasteiger partial charge < -0.3 is 19.5 Å². The number of halogens is 1. The van der Waals surface area contributed by atoms with Crippen molar-refractivity contribution in [3.05, 3.63) is 46.4 Å². The summed E-state index contributed by atoms with van der Waals surface area (Å²) in [4.78, 5) is 0. The van der Waals surface area contributed by atoms with Crippen molar-refractivity contribution in [3.63, 3.8) is 0 Å². The number of benzene rings is 2. The van der Waals surface area contributed by atoms with Crippen LogP contribution in [0.15, 0.2) is 40.9 Å². The zero-order chi connectivity index (χ0) is 14.7. The molecule has 0 fully saturated rings. The van der Waals surface area contributed by atoms with Crippen molar-refractivity contribution < 1.29 is 14.2 Å². The highest BCUT2D eigenvalue weighted by atomic mass is 79.9. The van der Waals surface area contributed by atoms with Gasteiger partial charge in [0.25, 0.3) is 0 Å². The Kier molecular flexibility index (Phi) is 4.20. The van der Waals surface area contributed by atoms with Gasteiger partial charge in [-0.1, -0.05) is 28.1 Å². The molecule has 2 aromatic carbocycles. The molecule has 5 heteroatoms. The van der Waals surface area contributed by atoms with Crippen molar-refractivity contribution in [1.29, 1.82) is 0 Å². The van der Waals surface area contributed by atoms with Gasteiger partial charge in [0.2, 0.25) is 6.79 Å². The van der Waals surface area contributed by atoms with Gasteiger partial charge in [-0.3, -0.25) is 0 Å². The van der Waals surface area contributed by atoms with E-state index in [1.807, 2.05) is 43.3 Å². The fourth-order valence-corrected chi connectivity index (χ4v) is 2.64. The van der Waals surface area contributed by atoms with E-state index in [-0.39, 0.29) is 6.79 Å². The van der Waals surface area contributed by atoms with E-state index in [1.165, 1.54) is 0 Å². The van der Waals surface area contributed by atoms with Gasteiger partial charge in [0.1, 0.15) is 5.75 Å². The third kappa shape index (κ3) is 3.08. The lowest BCUT2D eigenvalue weighted by Crippen LogP contribution is -2.03. The van der Waals surface area contributed by atoms with E-state index in [0.717, 1.165) is 33.0 Å². The maximum Gasteiger partial charge on any atom is 0.231 e. The molecule has 0 amide bonds. The second-order valence-electron chi connectivity index (χ2n) is 4.58. The first-order chi connectivity index (χ1) is 10.3. The Hall–Kier alpha value is -1.88. The highest BCUT2D eigenvalue weighted by Gasteiger charge is 2.16. The Morgan fingerprint density at radius 3 is 2.76 bits per heavy atom. The van der Waals surface area contributed by atoms with Crippen molar-refractivity contribution in [2.75, 3.05) is 18.7 Å². The molecule has 1 N–H and O–H groups in total. The monoisotopic (exact) mass is 349 g/mol. The standard InChI is InChI=1S/C16H16BrNO3/c1-2-19-14-6-4-3-5-13(14)18-9-11-7-15-16(8-12(11)17)21-10-20-15/h3-8,18H,2,9-10H2,1H3. The van der Waals surface area contributed by atoms with Crippen LogP contribution in [0.5, 0.6) is 17.2 Å². The number of hydrogen-bond donors (Lipinski definition) is 1. The number of hydrogen-bond acceptors (Lipinski definition) is 4. The second-order valence-corrected chi connectivity index (χ2v) is 5.43. The van der Waals surface area contributed by atoms with Gasteiger partial charge in [0.05, 0.1) is 12.3 Å². The molecule has 110 valence electrons. The van der Waals surface area contributed by atoms with Gasteiger partial charge in [0.15, 0.2) is 11.5 Å². The quantitative estimate of drug-likeness (QED) is 0.878. The van der Waals surface area contributed by atoms with Crippen LogP contribution in [0.1, 0.15) is 12.5 Å². The number of ether oxygens (including phenoxy) is 3. The van der Waals surface area contributed by atoms with Crippen LogP contribution < -0.4 is 19.5 Å². The van der Waals surface area contributed by atoms with Crippen LogP contribution in [0.2, 0.25) is 0 Å². The molecule has 21 heavy (non-hydrogen) atoms. The van der Waals surface area contributed by atoms with Crippen LogP contribution in [0.25, 0.3) is 0 Å². The molecular formula is C16H16BrNO3. The number of fused-ring (bicyclic) bond motifs is 1. The van der Waals surface area contributed by atoms with Gasteiger partial charge in [-0.2, -0.15) is 0 Å². The second kappa shape index (κ2) is 6.26. The summed E-state index contributed by atoms with van der Waals surface area (Å²) < 4.78 is 17.4. The normalized spacial score (nSPS) is 12.3. The molecule has 1 aliphatic heterocycles. The molecule has 0 spiro atoms. The highest BCUT2D eigenvalue weighted by molar-refractivity contribution is 9.10. The lowest BCUT2D eigenvalue weighted by molar-refractivity contribution is 0.174. The minimum absolute atomic E-state index is 0.284. The molecule has 0 radical (unpaired) electrons.